The minimum absolute atomic E-state index is 0.975. The number of aromatic nitrogens is 2. The predicted octanol–water partition coefficient (Wildman–Crippen LogP) is 8.30. The van der Waals surface area contributed by atoms with Gasteiger partial charge in [-0.15, -0.1) is 0 Å². The molecule has 0 saturated carbocycles. The fourth-order valence-corrected chi connectivity index (χ4v) is 4.32. The van der Waals surface area contributed by atoms with Crippen LogP contribution in [0.15, 0.2) is 134 Å². The molecule has 0 bridgehead atoms. The van der Waals surface area contributed by atoms with Crippen molar-refractivity contribution in [2.45, 2.75) is 0 Å². The molecule has 0 atom stereocenters. The number of fused-ring (bicyclic) bond motifs is 1. The number of pyridine rings is 2. The minimum atomic E-state index is 0.975. The predicted molar refractivity (Wildman–Crippen MR) is 141 cm³/mol. The summed E-state index contributed by atoms with van der Waals surface area (Å²) in [7, 11) is 0. The van der Waals surface area contributed by atoms with E-state index in [1.165, 1.54) is 16.7 Å². The van der Waals surface area contributed by atoms with Gasteiger partial charge in [0.15, 0.2) is 0 Å². The Kier molecular flexibility index (Phi) is 5.17. The SMILES string of the molecule is c1ccc(-c2cc(-c3ccc(-c4ccc5ncccc5c4)cc3)cc(-c3ccccc3)n2)cc1. The van der Waals surface area contributed by atoms with E-state index in [9.17, 15) is 0 Å². The highest BCUT2D eigenvalue weighted by Gasteiger charge is 2.09. The van der Waals surface area contributed by atoms with E-state index < -0.39 is 0 Å². The van der Waals surface area contributed by atoms with Crippen LogP contribution in [0.5, 0.6) is 0 Å². The molecule has 4 aromatic carbocycles. The summed E-state index contributed by atoms with van der Waals surface area (Å²) in [4.78, 5) is 9.42. The summed E-state index contributed by atoms with van der Waals surface area (Å²) < 4.78 is 0. The van der Waals surface area contributed by atoms with E-state index in [1.807, 2.05) is 24.4 Å². The lowest BCUT2D eigenvalue weighted by molar-refractivity contribution is 1.32. The Bertz CT molecular complexity index is 1510. The summed E-state index contributed by atoms with van der Waals surface area (Å²) >= 11 is 0. The summed E-state index contributed by atoms with van der Waals surface area (Å²) in [6.07, 6.45) is 1.83. The van der Waals surface area contributed by atoms with Crippen LogP contribution in [0.3, 0.4) is 0 Å². The van der Waals surface area contributed by atoms with Gasteiger partial charge in [0.05, 0.1) is 16.9 Å². The van der Waals surface area contributed by atoms with Crippen LogP contribution in [0.4, 0.5) is 0 Å². The van der Waals surface area contributed by atoms with Gasteiger partial charge in [-0.3, -0.25) is 4.98 Å². The summed E-state index contributed by atoms with van der Waals surface area (Å²) in [5.41, 5.74) is 9.90. The normalized spacial score (nSPS) is 10.9. The second-order valence-corrected chi connectivity index (χ2v) is 8.35. The van der Waals surface area contributed by atoms with E-state index in [0.29, 0.717) is 0 Å². The van der Waals surface area contributed by atoms with Crippen LogP contribution in [0, 0.1) is 0 Å². The Balaban J connectivity index is 1.42. The van der Waals surface area contributed by atoms with Crippen LogP contribution >= 0.6 is 0 Å². The molecule has 0 aliphatic heterocycles. The Morgan fingerprint density at radius 2 is 0.941 bits per heavy atom. The number of benzene rings is 4. The molecule has 0 aliphatic rings. The molecule has 2 aromatic heterocycles. The molecular formula is C32H22N2. The molecule has 0 spiro atoms. The second kappa shape index (κ2) is 8.76. The Hall–Kier alpha value is -4.56. The van der Waals surface area contributed by atoms with Gasteiger partial charge in [-0.2, -0.15) is 0 Å². The lowest BCUT2D eigenvalue weighted by Crippen LogP contribution is -1.91. The summed E-state index contributed by atoms with van der Waals surface area (Å²) in [5.74, 6) is 0. The third kappa shape index (κ3) is 3.98. The molecule has 2 heterocycles. The molecule has 34 heavy (non-hydrogen) atoms. The zero-order chi connectivity index (χ0) is 22.7. The zero-order valence-corrected chi connectivity index (χ0v) is 18.6. The van der Waals surface area contributed by atoms with Crippen molar-refractivity contribution in [2.24, 2.45) is 0 Å². The van der Waals surface area contributed by atoms with Crippen LogP contribution in [-0.2, 0) is 0 Å². The topological polar surface area (TPSA) is 25.8 Å². The van der Waals surface area contributed by atoms with Crippen molar-refractivity contribution in [3.8, 4) is 44.8 Å². The summed E-state index contributed by atoms with van der Waals surface area (Å²) in [6.45, 7) is 0. The van der Waals surface area contributed by atoms with Gasteiger partial charge in [0, 0.05) is 22.7 Å². The van der Waals surface area contributed by atoms with Gasteiger partial charge in [0.25, 0.3) is 0 Å². The highest BCUT2D eigenvalue weighted by molar-refractivity contribution is 5.85. The summed E-state index contributed by atoms with van der Waals surface area (Å²) in [5, 5.41) is 1.15. The van der Waals surface area contributed by atoms with Crippen molar-refractivity contribution < 1.29 is 0 Å². The highest BCUT2D eigenvalue weighted by atomic mass is 14.7. The Morgan fingerprint density at radius 1 is 0.382 bits per heavy atom. The quantitative estimate of drug-likeness (QED) is 0.279. The lowest BCUT2D eigenvalue weighted by atomic mass is 9.97. The van der Waals surface area contributed by atoms with Gasteiger partial charge in [-0.05, 0) is 52.6 Å². The number of nitrogens with zero attached hydrogens (tertiary/aromatic N) is 2. The first-order chi connectivity index (χ1) is 16.8. The van der Waals surface area contributed by atoms with Crippen molar-refractivity contribution in [3.05, 3.63) is 134 Å². The van der Waals surface area contributed by atoms with Crippen molar-refractivity contribution >= 4 is 10.9 Å². The average molecular weight is 435 g/mol. The molecular weight excluding hydrogens is 412 g/mol. The number of hydrogen-bond acceptors (Lipinski definition) is 2. The van der Waals surface area contributed by atoms with E-state index >= 15 is 0 Å². The average Bonchev–Trinajstić information content (AvgIpc) is 2.93. The maximum Gasteiger partial charge on any atom is 0.0715 e. The zero-order valence-electron chi connectivity index (χ0n) is 18.6. The van der Waals surface area contributed by atoms with Crippen LogP contribution in [-0.4, -0.2) is 9.97 Å². The third-order valence-electron chi connectivity index (χ3n) is 6.12. The minimum Gasteiger partial charge on any atom is -0.256 e. The van der Waals surface area contributed by atoms with E-state index in [1.54, 1.807) is 0 Å². The second-order valence-electron chi connectivity index (χ2n) is 8.35. The fraction of sp³-hybridized carbons (Fsp3) is 0. The monoisotopic (exact) mass is 434 g/mol. The lowest BCUT2D eigenvalue weighted by Gasteiger charge is -2.11. The van der Waals surface area contributed by atoms with E-state index in [0.717, 1.165) is 39.0 Å². The summed E-state index contributed by atoms with van der Waals surface area (Å²) in [6, 6.07) is 44.4. The van der Waals surface area contributed by atoms with Crippen molar-refractivity contribution in [1.82, 2.24) is 9.97 Å². The van der Waals surface area contributed by atoms with Crippen LogP contribution in [0.2, 0.25) is 0 Å². The van der Waals surface area contributed by atoms with Gasteiger partial charge < -0.3 is 0 Å². The van der Waals surface area contributed by atoms with Gasteiger partial charge in [-0.25, -0.2) is 4.98 Å². The molecule has 2 nitrogen and oxygen atoms in total. The molecule has 6 rings (SSSR count). The molecule has 0 radical (unpaired) electrons. The molecule has 0 N–H and O–H groups in total. The largest absolute Gasteiger partial charge is 0.256 e. The molecule has 0 aliphatic carbocycles. The first-order valence-corrected chi connectivity index (χ1v) is 11.4. The fourth-order valence-electron chi connectivity index (χ4n) is 4.32. The molecule has 6 aromatic rings. The van der Waals surface area contributed by atoms with E-state index in [-0.39, 0.29) is 0 Å². The van der Waals surface area contributed by atoms with E-state index in [2.05, 4.69) is 114 Å². The first kappa shape index (κ1) is 20.1. The van der Waals surface area contributed by atoms with Gasteiger partial charge >= 0.3 is 0 Å². The molecule has 0 saturated heterocycles. The molecule has 2 heteroatoms. The molecule has 160 valence electrons. The number of hydrogen-bond donors (Lipinski definition) is 0. The van der Waals surface area contributed by atoms with Crippen LogP contribution < -0.4 is 0 Å². The van der Waals surface area contributed by atoms with Gasteiger partial charge in [0.1, 0.15) is 0 Å². The number of rotatable bonds is 4. The first-order valence-electron chi connectivity index (χ1n) is 11.4. The molecule has 0 fully saturated rings. The van der Waals surface area contributed by atoms with Gasteiger partial charge in [-0.1, -0.05) is 97.1 Å². The standard InChI is InChI=1S/C32H22N2/c1-3-8-25(9-4-1)31-21-29(22-32(34-31)26-10-5-2-6-11-26)24-15-13-23(14-16-24)27-17-18-30-28(20-27)12-7-19-33-30/h1-22H. The third-order valence-corrected chi connectivity index (χ3v) is 6.12. The van der Waals surface area contributed by atoms with Crippen molar-refractivity contribution in [2.75, 3.05) is 0 Å². The van der Waals surface area contributed by atoms with Crippen LogP contribution in [0.1, 0.15) is 0 Å². The smallest absolute Gasteiger partial charge is 0.0715 e. The van der Waals surface area contributed by atoms with E-state index in [4.69, 9.17) is 4.98 Å². The molecule has 0 unspecified atom stereocenters. The van der Waals surface area contributed by atoms with Crippen molar-refractivity contribution in [3.63, 3.8) is 0 Å². The maximum absolute atomic E-state index is 4.99. The Labute approximate surface area is 199 Å². The molecule has 0 amide bonds. The highest BCUT2D eigenvalue weighted by Crippen LogP contribution is 2.32. The Morgan fingerprint density at radius 3 is 1.56 bits per heavy atom. The maximum atomic E-state index is 4.99. The van der Waals surface area contributed by atoms with Crippen molar-refractivity contribution in [1.29, 1.82) is 0 Å². The van der Waals surface area contributed by atoms with Crippen LogP contribution in [0.25, 0.3) is 55.7 Å². The van der Waals surface area contributed by atoms with Gasteiger partial charge in [0.2, 0.25) is 0 Å².